The zero-order valence-corrected chi connectivity index (χ0v) is 32.3. The number of unbranched alkanes of at least 4 members (excludes halogenated alkanes) is 8. The molecule has 0 saturated carbocycles. The Morgan fingerprint density at radius 3 is 1.62 bits per heavy atom. The van der Waals surface area contributed by atoms with Crippen LogP contribution in [0.3, 0.4) is 0 Å². The molecule has 4 N–H and O–H groups in total. The Morgan fingerprint density at radius 1 is 0.596 bits per heavy atom. The maximum atomic E-state index is 12.6. The Bertz CT molecular complexity index is 1110. The van der Waals surface area contributed by atoms with Gasteiger partial charge in [0.25, 0.3) is 0 Å². The van der Waals surface area contributed by atoms with Crippen molar-refractivity contribution in [3.8, 4) is 0 Å². The second-order valence-electron chi connectivity index (χ2n) is 13.0. The highest BCUT2D eigenvalue weighted by atomic mass is 16.5. The smallest absolute Gasteiger partial charge is 0.328 e. The van der Waals surface area contributed by atoms with Crippen molar-refractivity contribution < 1.29 is 34.1 Å². The summed E-state index contributed by atoms with van der Waals surface area (Å²) < 4.78 is 5.89. The van der Waals surface area contributed by atoms with Crippen molar-refractivity contribution in [3.63, 3.8) is 0 Å². The van der Waals surface area contributed by atoms with Crippen molar-refractivity contribution in [1.82, 2.24) is 10.6 Å². The average Bonchev–Trinajstić information content (AvgIpc) is 3.13. The Kier molecular flexibility index (Phi) is 34.4. The second kappa shape index (κ2) is 37.1. The molecule has 2 atom stereocenters. The predicted octanol–water partition coefficient (Wildman–Crippen LogP) is 9.15. The molecular formula is C43H70N2O7. The summed E-state index contributed by atoms with van der Waals surface area (Å²) >= 11 is 0. The van der Waals surface area contributed by atoms with Gasteiger partial charge in [-0.25, -0.2) is 4.79 Å². The fourth-order valence-electron chi connectivity index (χ4n) is 5.19. The van der Waals surface area contributed by atoms with Crippen LogP contribution in [0.2, 0.25) is 0 Å². The minimum Gasteiger partial charge on any atom is -0.480 e. The number of nitrogens with one attached hydrogen (secondary N) is 2. The lowest BCUT2D eigenvalue weighted by atomic mass is 10.0. The third-order valence-corrected chi connectivity index (χ3v) is 8.22. The van der Waals surface area contributed by atoms with Crippen LogP contribution in [-0.4, -0.2) is 59.3 Å². The first-order chi connectivity index (χ1) is 25.3. The SMILES string of the molecule is CC/C=C\C/C=C\C/C=C\C/C=C\C/C=C\C/C=C\CCCCC(=O)OC(CCCCCC)CCCCCCC(=O)NCC(=O)NC(CO)C(=O)O. The summed E-state index contributed by atoms with van der Waals surface area (Å²) in [5.41, 5.74) is 0. The van der Waals surface area contributed by atoms with E-state index in [0.29, 0.717) is 12.8 Å². The summed E-state index contributed by atoms with van der Waals surface area (Å²) in [4.78, 5) is 47.2. The molecule has 9 nitrogen and oxygen atoms in total. The van der Waals surface area contributed by atoms with Crippen molar-refractivity contribution in [2.75, 3.05) is 13.2 Å². The summed E-state index contributed by atoms with van der Waals surface area (Å²) in [5, 5.41) is 22.5. The molecule has 0 rings (SSSR count). The number of allylic oxidation sites excluding steroid dienone is 12. The number of ether oxygens (including phenoxy) is 1. The highest BCUT2D eigenvalue weighted by molar-refractivity contribution is 5.87. The van der Waals surface area contributed by atoms with E-state index in [1.165, 1.54) is 6.42 Å². The number of carboxylic acids is 1. The number of aliphatic carboxylic acids is 1. The van der Waals surface area contributed by atoms with E-state index in [1.807, 2.05) is 0 Å². The first-order valence-electron chi connectivity index (χ1n) is 19.8. The fourth-order valence-corrected chi connectivity index (χ4v) is 5.19. The molecule has 0 aliphatic carbocycles. The Balaban J connectivity index is 4.11. The van der Waals surface area contributed by atoms with Crippen LogP contribution >= 0.6 is 0 Å². The molecule has 52 heavy (non-hydrogen) atoms. The number of esters is 1. The molecule has 0 saturated heterocycles. The van der Waals surface area contributed by atoms with Gasteiger partial charge in [-0.2, -0.15) is 0 Å². The summed E-state index contributed by atoms with van der Waals surface area (Å²) in [6, 6.07) is -1.39. The minimum atomic E-state index is -1.39. The van der Waals surface area contributed by atoms with Gasteiger partial charge in [-0.05, 0) is 89.9 Å². The molecule has 2 unspecified atom stereocenters. The summed E-state index contributed by atoms with van der Waals surface area (Å²) in [5.74, 6) is -2.40. The summed E-state index contributed by atoms with van der Waals surface area (Å²) in [6.45, 7) is 3.27. The monoisotopic (exact) mass is 727 g/mol. The zero-order valence-electron chi connectivity index (χ0n) is 32.3. The third-order valence-electron chi connectivity index (χ3n) is 8.22. The normalized spacial score (nSPS) is 13.3. The van der Waals surface area contributed by atoms with Gasteiger partial charge >= 0.3 is 11.9 Å². The van der Waals surface area contributed by atoms with Crippen molar-refractivity contribution >= 4 is 23.8 Å². The van der Waals surface area contributed by atoms with Crippen LogP contribution in [-0.2, 0) is 23.9 Å². The highest BCUT2D eigenvalue weighted by Gasteiger charge is 2.19. The molecule has 0 aliphatic rings. The molecule has 0 aromatic heterocycles. The lowest BCUT2D eigenvalue weighted by Gasteiger charge is -2.18. The summed E-state index contributed by atoms with van der Waals surface area (Å²) in [7, 11) is 0. The van der Waals surface area contributed by atoms with Gasteiger partial charge in [0.05, 0.1) is 13.2 Å². The van der Waals surface area contributed by atoms with Crippen LogP contribution in [0.4, 0.5) is 0 Å². The molecule has 2 amide bonds. The van der Waals surface area contributed by atoms with Gasteiger partial charge in [-0.3, -0.25) is 14.4 Å². The van der Waals surface area contributed by atoms with Crippen LogP contribution in [0.15, 0.2) is 72.9 Å². The Hall–Kier alpha value is -3.72. The standard InChI is InChI=1S/C43H70N2O7/c1-3-5-7-9-10-11-12-13-14-15-16-17-18-19-20-21-22-23-24-25-31-35-42(49)52-38(32-28-8-6-4-2)33-29-26-27-30-34-40(47)44-36-41(48)45-39(37-46)43(50)51/h5,7,10-11,13-14,16-17,19-20,22-23,38-39,46H,3-4,6,8-9,12,15,18,21,24-37H2,1-2H3,(H,44,47)(H,45,48)(H,50,51)/b7-5-,11-10-,14-13-,17-16-,20-19-,23-22-. The van der Waals surface area contributed by atoms with Crippen molar-refractivity contribution in [2.45, 2.75) is 161 Å². The quantitative estimate of drug-likeness (QED) is 0.0294. The Morgan fingerprint density at radius 2 is 1.10 bits per heavy atom. The van der Waals surface area contributed by atoms with Crippen LogP contribution in [0.25, 0.3) is 0 Å². The fraction of sp³-hybridized carbons (Fsp3) is 0.628. The van der Waals surface area contributed by atoms with Crippen LogP contribution in [0.1, 0.15) is 149 Å². The maximum Gasteiger partial charge on any atom is 0.328 e. The number of amides is 2. The summed E-state index contributed by atoms with van der Waals surface area (Å²) in [6.07, 6.45) is 45.3. The largest absolute Gasteiger partial charge is 0.480 e. The number of aliphatic hydroxyl groups is 1. The van der Waals surface area contributed by atoms with Crippen LogP contribution in [0.5, 0.6) is 0 Å². The molecule has 294 valence electrons. The number of rotatable bonds is 34. The minimum absolute atomic E-state index is 0.0666. The average molecular weight is 727 g/mol. The van der Waals surface area contributed by atoms with Gasteiger partial charge < -0.3 is 25.6 Å². The van der Waals surface area contributed by atoms with E-state index in [-0.39, 0.29) is 30.9 Å². The number of hydrogen-bond acceptors (Lipinski definition) is 6. The molecule has 0 aliphatic heterocycles. The zero-order chi connectivity index (χ0) is 38.3. The first kappa shape index (κ1) is 48.3. The molecule has 0 heterocycles. The number of carboxylic acid groups (broad SMARTS) is 1. The molecule has 0 radical (unpaired) electrons. The maximum absolute atomic E-state index is 12.6. The van der Waals surface area contributed by atoms with E-state index in [9.17, 15) is 19.2 Å². The molecule has 0 fully saturated rings. The molecule has 9 heteroatoms. The number of carbonyl (C=O) groups is 4. The molecular weight excluding hydrogens is 656 g/mol. The van der Waals surface area contributed by atoms with E-state index in [4.69, 9.17) is 14.9 Å². The van der Waals surface area contributed by atoms with Crippen molar-refractivity contribution in [3.05, 3.63) is 72.9 Å². The van der Waals surface area contributed by atoms with Crippen LogP contribution < -0.4 is 10.6 Å². The predicted molar refractivity (Wildman–Crippen MR) is 213 cm³/mol. The van der Waals surface area contributed by atoms with E-state index in [0.717, 1.165) is 109 Å². The van der Waals surface area contributed by atoms with Gasteiger partial charge in [0.15, 0.2) is 0 Å². The first-order valence-corrected chi connectivity index (χ1v) is 19.8. The highest BCUT2D eigenvalue weighted by Crippen LogP contribution is 2.17. The van der Waals surface area contributed by atoms with E-state index < -0.39 is 24.5 Å². The Labute approximate surface area is 314 Å². The lowest BCUT2D eigenvalue weighted by Crippen LogP contribution is -2.47. The van der Waals surface area contributed by atoms with Crippen molar-refractivity contribution in [1.29, 1.82) is 0 Å². The van der Waals surface area contributed by atoms with Gasteiger partial charge in [-0.1, -0.05) is 119 Å². The second-order valence-corrected chi connectivity index (χ2v) is 13.0. The topological polar surface area (TPSA) is 142 Å². The number of hydrogen-bond donors (Lipinski definition) is 4. The van der Waals surface area contributed by atoms with Crippen LogP contribution in [0, 0.1) is 0 Å². The van der Waals surface area contributed by atoms with E-state index >= 15 is 0 Å². The van der Waals surface area contributed by atoms with Gasteiger partial charge in [0.1, 0.15) is 12.1 Å². The number of aliphatic hydroxyl groups excluding tert-OH is 1. The molecule has 0 aromatic carbocycles. The van der Waals surface area contributed by atoms with Crippen molar-refractivity contribution in [2.24, 2.45) is 0 Å². The van der Waals surface area contributed by atoms with Gasteiger partial charge in [0.2, 0.25) is 11.8 Å². The molecule has 0 spiro atoms. The van der Waals surface area contributed by atoms with Gasteiger partial charge in [0, 0.05) is 12.8 Å². The number of carbonyl (C=O) groups excluding carboxylic acids is 3. The molecule has 0 bridgehead atoms. The third kappa shape index (κ3) is 33.4. The van der Waals surface area contributed by atoms with Gasteiger partial charge in [-0.15, -0.1) is 0 Å². The van der Waals surface area contributed by atoms with E-state index in [1.54, 1.807) is 0 Å². The lowest BCUT2D eigenvalue weighted by molar-refractivity contribution is -0.150. The molecule has 0 aromatic rings. The van der Waals surface area contributed by atoms with E-state index in [2.05, 4.69) is 97.4 Å².